The van der Waals surface area contributed by atoms with Crippen LogP contribution in [0.3, 0.4) is 0 Å². The zero-order valence-electron chi connectivity index (χ0n) is 10.7. The van der Waals surface area contributed by atoms with Gasteiger partial charge in [0.2, 0.25) is 11.9 Å². The molecule has 1 N–H and O–H groups in total. The molecule has 1 aliphatic rings. The van der Waals surface area contributed by atoms with Crippen molar-refractivity contribution in [3.8, 4) is 0 Å². The number of nitrogens with one attached hydrogen (secondary N) is 1. The Morgan fingerprint density at radius 2 is 2.32 bits per heavy atom. The molecule has 2 heterocycles. The molecule has 0 radical (unpaired) electrons. The standard InChI is InChI=1S/C13H16FN3O2/c1-9(18)16-11-3-2-6-17(8-11)13(19)10-4-5-15-12(14)7-10/h4-5,7,11H,2-3,6,8H2,1H3,(H,16,18). The largest absolute Gasteiger partial charge is 0.352 e. The third-order valence-corrected chi connectivity index (χ3v) is 3.09. The summed E-state index contributed by atoms with van der Waals surface area (Å²) in [6.45, 7) is 2.54. The fourth-order valence-electron chi connectivity index (χ4n) is 2.28. The Morgan fingerprint density at radius 1 is 1.53 bits per heavy atom. The predicted molar refractivity (Wildman–Crippen MR) is 66.9 cm³/mol. The highest BCUT2D eigenvalue weighted by Crippen LogP contribution is 2.14. The Labute approximate surface area is 110 Å². The van der Waals surface area contributed by atoms with Gasteiger partial charge in [-0.15, -0.1) is 0 Å². The zero-order chi connectivity index (χ0) is 13.8. The average molecular weight is 265 g/mol. The van der Waals surface area contributed by atoms with E-state index in [0.717, 1.165) is 18.9 Å². The van der Waals surface area contributed by atoms with E-state index in [1.54, 1.807) is 4.90 Å². The van der Waals surface area contributed by atoms with E-state index in [1.165, 1.54) is 19.2 Å². The summed E-state index contributed by atoms with van der Waals surface area (Å²) in [4.78, 5) is 28.3. The van der Waals surface area contributed by atoms with Gasteiger partial charge in [0.15, 0.2) is 0 Å². The van der Waals surface area contributed by atoms with Gasteiger partial charge in [-0.05, 0) is 18.9 Å². The molecule has 102 valence electrons. The van der Waals surface area contributed by atoms with E-state index in [-0.39, 0.29) is 23.4 Å². The summed E-state index contributed by atoms with van der Waals surface area (Å²) in [5.41, 5.74) is 0.288. The fraction of sp³-hybridized carbons (Fsp3) is 0.462. The first-order chi connectivity index (χ1) is 9.06. The number of pyridine rings is 1. The van der Waals surface area contributed by atoms with Crippen LogP contribution in [0, 0.1) is 5.95 Å². The van der Waals surface area contributed by atoms with Crippen LogP contribution in [0.15, 0.2) is 18.3 Å². The van der Waals surface area contributed by atoms with Crippen molar-refractivity contribution in [3.63, 3.8) is 0 Å². The number of hydrogen-bond acceptors (Lipinski definition) is 3. The summed E-state index contributed by atoms with van der Waals surface area (Å²) in [5, 5.41) is 2.81. The molecule has 1 aliphatic heterocycles. The van der Waals surface area contributed by atoms with E-state index in [2.05, 4.69) is 10.3 Å². The van der Waals surface area contributed by atoms with E-state index in [0.29, 0.717) is 13.1 Å². The highest BCUT2D eigenvalue weighted by Gasteiger charge is 2.25. The molecule has 2 rings (SSSR count). The second-order valence-electron chi connectivity index (χ2n) is 4.66. The number of hydrogen-bond donors (Lipinski definition) is 1. The monoisotopic (exact) mass is 265 g/mol. The van der Waals surface area contributed by atoms with Crippen LogP contribution >= 0.6 is 0 Å². The van der Waals surface area contributed by atoms with Gasteiger partial charge in [-0.1, -0.05) is 0 Å². The number of nitrogens with zero attached hydrogens (tertiary/aromatic N) is 2. The number of carbonyl (C=O) groups excluding carboxylic acids is 2. The van der Waals surface area contributed by atoms with Gasteiger partial charge in [-0.3, -0.25) is 9.59 Å². The number of amides is 2. The Hall–Kier alpha value is -1.98. The Kier molecular flexibility index (Phi) is 4.09. The normalized spacial score (nSPS) is 19.1. The minimum Gasteiger partial charge on any atom is -0.352 e. The third-order valence-electron chi connectivity index (χ3n) is 3.09. The molecule has 0 aliphatic carbocycles. The molecule has 1 aromatic rings. The molecule has 0 saturated carbocycles. The minimum absolute atomic E-state index is 0.0260. The van der Waals surface area contributed by atoms with Gasteiger partial charge in [0.1, 0.15) is 0 Å². The van der Waals surface area contributed by atoms with E-state index in [4.69, 9.17) is 0 Å². The van der Waals surface area contributed by atoms with Crippen molar-refractivity contribution < 1.29 is 14.0 Å². The van der Waals surface area contributed by atoms with Crippen LogP contribution in [0.5, 0.6) is 0 Å². The molecule has 1 unspecified atom stereocenters. The summed E-state index contributed by atoms with van der Waals surface area (Å²) in [6.07, 6.45) is 2.95. The van der Waals surface area contributed by atoms with Crippen LogP contribution in [0.25, 0.3) is 0 Å². The van der Waals surface area contributed by atoms with Gasteiger partial charge in [-0.2, -0.15) is 4.39 Å². The number of piperidine rings is 1. The van der Waals surface area contributed by atoms with Crippen molar-refractivity contribution in [2.75, 3.05) is 13.1 Å². The molecule has 1 atom stereocenters. The second kappa shape index (κ2) is 5.77. The maximum atomic E-state index is 13.0. The Balaban J connectivity index is 2.04. The summed E-state index contributed by atoms with van der Waals surface area (Å²) < 4.78 is 13.0. The first-order valence-electron chi connectivity index (χ1n) is 6.24. The molecule has 0 bridgehead atoms. The molecule has 6 heteroatoms. The summed E-state index contributed by atoms with van der Waals surface area (Å²) in [5.74, 6) is -0.994. The molecule has 1 aromatic heterocycles. The Bertz CT molecular complexity index is 493. The molecule has 0 spiro atoms. The van der Waals surface area contributed by atoms with Crippen molar-refractivity contribution in [1.82, 2.24) is 15.2 Å². The first-order valence-corrected chi connectivity index (χ1v) is 6.24. The van der Waals surface area contributed by atoms with E-state index in [9.17, 15) is 14.0 Å². The maximum Gasteiger partial charge on any atom is 0.254 e. The van der Waals surface area contributed by atoms with E-state index >= 15 is 0 Å². The molecular formula is C13H16FN3O2. The highest BCUT2D eigenvalue weighted by molar-refractivity contribution is 5.94. The van der Waals surface area contributed by atoms with Gasteiger partial charge >= 0.3 is 0 Å². The topological polar surface area (TPSA) is 62.3 Å². The van der Waals surface area contributed by atoms with Gasteiger partial charge in [0.05, 0.1) is 0 Å². The van der Waals surface area contributed by atoms with Crippen LogP contribution in [0.4, 0.5) is 4.39 Å². The van der Waals surface area contributed by atoms with Crippen LogP contribution in [0.2, 0.25) is 0 Å². The van der Waals surface area contributed by atoms with Gasteiger partial charge in [0.25, 0.3) is 5.91 Å². The van der Waals surface area contributed by atoms with Gasteiger partial charge in [-0.25, -0.2) is 4.98 Å². The highest BCUT2D eigenvalue weighted by atomic mass is 19.1. The van der Waals surface area contributed by atoms with Crippen LogP contribution in [-0.4, -0.2) is 40.8 Å². The smallest absolute Gasteiger partial charge is 0.254 e. The third kappa shape index (κ3) is 3.49. The van der Waals surface area contributed by atoms with E-state index in [1.807, 2.05) is 0 Å². The predicted octanol–water partition coefficient (Wildman–Crippen LogP) is 0.961. The molecule has 0 aromatic carbocycles. The van der Waals surface area contributed by atoms with Gasteiger partial charge < -0.3 is 10.2 Å². The zero-order valence-corrected chi connectivity index (χ0v) is 10.7. The lowest BCUT2D eigenvalue weighted by Gasteiger charge is -2.33. The van der Waals surface area contributed by atoms with Crippen molar-refractivity contribution in [1.29, 1.82) is 0 Å². The molecule has 5 nitrogen and oxygen atoms in total. The quantitative estimate of drug-likeness (QED) is 0.810. The lowest BCUT2D eigenvalue weighted by atomic mass is 10.0. The SMILES string of the molecule is CC(=O)NC1CCCN(C(=O)c2ccnc(F)c2)C1. The average Bonchev–Trinajstić information content (AvgIpc) is 2.37. The Morgan fingerprint density at radius 3 is 3.00 bits per heavy atom. The van der Waals surface area contributed by atoms with Crippen molar-refractivity contribution >= 4 is 11.8 Å². The molecular weight excluding hydrogens is 249 g/mol. The summed E-state index contributed by atoms with van der Waals surface area (Å²) in [7, 11) is 0. The van der Waals surface area contributed by atoms with Crippen LogP contribution < -0.4 is 5.32 Å². The van der Waals surface area contributed by atoms with E-state index < -0.39 is 5.95 Å². The van der Waals surface area contributed by atoms with Gasteiger partial charge in [0, 0.05) is 43.9 Å². The number of aromatic nitrogens is 1. The van der Waals surface area contributed by atoms with Crippen molar-refractivity contribution in [2.45, 2.75) is 25.8 Å². The maximum absolute atomic E-state index is 13.0. The summed E-state index contributed by atoms with van der Waals surface area (Å²) in [6, 6.07) is 2.60. The van der Waals surface area contributed by atoms with Crippen molar-refractivity contribution in [3.05, 3.63) is 29.8 Å². The number of halogens is 1. The number of rotatable bonds is 2. The second-order valence-corrected chi connectivity index (χ2v) is 4.66. The fourth-order valence-corrected chi connectivity index (χ4v) is 2.28. The molecule has 2 amide bonds. The number of carbonyl (C=O) groups is 2. The van der Waals surface area contributed by atoms with Crippen molar-refractivity contribution in [2.24, 2.45) is 0 Å². The lowest BCUT2D eigenvalue weighted by molar-refractivity contribution is -0.120. The minimum atomic E-state index is -0.665. The molecule has 1 fully saturated rings. The van der Waals surface area contributed by atoms with Crippen LogP contribution in [-0.2, 0) is 4.79 Å². The molecule has 1 saturated heterocycles. The molecule has 19 heavy (non-hydrogen) atoms. The number of likely N-dealkylation sites (tertiary alicyclic amines) is 1. The van der Waals surface area contributed by atoms with Crippen LogP contribution in [0.1, 0.15) is 30.1 Å². The summed E-state index contributed by atoms with van der Waals surface area (Å²) >= 11 is 0. The lowest BCUT2D eigenvalue weighted by Crippen LogP contribution is -2.49. The first kappa shape index (κ1) is 13.5.